The predicted octanol–water partition coefficient (Wildman–Crippen LogP) is 2.36. The van der Waals surface area contributed by atoms with Gasteiger partial charge in [0, 0.05) is 24.7 Å². The van der Waals surface area contributed by atoms with Crippen molar-refractivity contribution in [2.24, 2.45) is 5.73 Å². The van der Waals surface area contributed by atoms with Crippen LogP contribution in [0.2, 0.25) is 0 Å². The van der Waals surface area contributed by atoms with Gasteiger partial charge < -0.3 is 10.6 Å². The molecule has 1 aliphatic heterocycles. The summed E-state index contributed by atoms with van der Waals surface area (Å²) in [5.41, 5.74) is 7.60. The Morgan fingerprint density at radius 3 is 2.24 bits per heavy atom. The van der Waals surface area contributed by atoms with Crippen LogP contribution in [0.3, 0.4) is 0 Å². The number of benzene rings is 1. The maximum atomic E-state index is 12.0. The Labute approximate surface area is 108 Å². The lowest BCUT2D eigenvalue weighted by molar-refractivity contribution is 0.0793. The van der Waals surface area contributed by atoms with E-state index in [1.165, 1.54) is 0 Å². The second-order valence-electron chi connectivity index (χ2n) is 4.41. The molecule has 1 amide bonds. The van der Waals surface area contributed by atoms with E-state index < -0.39 is 0 Å². The van der Waals surface area contributed by atoms with E-state index in [-0.39, 0.29) is 24.4 Å². The molecule has 2 rings (SSSR count). The number of hydrogen-bond acceptors (Lipinski definition) is 2. The van der Waals surface area contributed by atoms with Crippen molar-refractivity contribution in [1.29, 1.82) is 0 Å². The van der Waals surface area contributed by atoms with Crippen LogP contribution in [-0.2, 0) is 0 Å². The molecule has 1 atom stereocenters. The molecule has 0 radical (unpaired) electrons. The van der Waals surface area contributed by atoms with Crippen molar-refractivity contribution in [2.75, 3.05) is 13.1 Å². The van der Waals surface area contributed by atoms with Crippen LogP contribution >= 0.6 is 12.4 Å². The molecule has 1 fully saturated rings. The summed E-state index contributed by atoms with van der Waals surface area (Å²) < 4.78 is 0. The molecule has 17 heavy (non-hydrogen) atoms. The standard InChI is InChI=1S/C13H18N2O.ClH/c1-10(14)11-4-6-12(7-5-11)13(16)15-8-2-3-9-15;/h4-7,10H,2-3,8-9,14H2,1H3;1H/t10-;/m0./s1. The normalized spacial score (nSPS) is 16.5. The molecule has 0 spiro atoms. The van der Waals surface area contributed by atoms with Gasteiger partial charge in [-0.25, -0.2) is 0 Å². The van der Waals surface area contributed by atoms with Gasteiger partial charge in [0.05, 0.1) is 0 Å². The summed E-state index contributed by atoms with van der Waals surface area (Å²) in [4.78, 5) is 13.9. The van der Waals surface area contributed by atoms with Crippen molar-refractivity contribution in [3.8, 4) is 0 Å². The zero-order valence-corrected chi connectivity index (χ0v) is 10.9. The summed E-state index contributed by atoms with van der Waals surface area (Å²) in [6, 6.07) is 7.65. The van der Waals surface area contributed by atoms with Crippen LogP contribution < -0.4 is 5.73 Å². The smallest absolute Gasteiger partial charge is 0.253 e. The predicted molar refractivity (Wildman–Crippen MR) is 71.4 cm³/mol. The molecular weight excluding hydrogens is 236 g/mol. The molecule has 1 aromatic carbocycles. The van der Waals surface area contributed by atoms with Crippen LogP contribution in [0, 0.1) is 0 Å². The molecule has 0 unspecified atom stereocenters. The van der Waals surface area contributed by atoms with Gasteiger partial charge in [0.2, 0.25) is 0 Å². The highest BCUT2D eigenvalue weighted by molar-refractivity contribution is 5.94. The van der Waals surface area contributed by atoms with Gasteiger partial charge in [0.15, 0.2) is 0 Å². The molecule has 94 valence electrons. The van der Waals surface area contributed by atoms with Crippen LogP contribution in [0.5, 0.6) is 0 Å². The van der Waals surface area contributed by atoms with Gasteiger partial charge >= 0.3 is 0 Å². The van der Waals surface area contributed by atoms with Gasteiger partial charge in [0.1, 0.15) is 0 Å². The fourth-order valence-corrected chi connectivity index (χ4v) is 2.03. The van der Waals surface area contributed by atoms with Crippen molar-refractivity contribution in [1.82, 2.24) is 4.90 Å². The first kappa shape index (κ1) is 14.0. The quantitative estimate of drug-likeness (QED) is 0.881. The van der Waals surface area contributed by atoms with Gasteiger partial charge in [-0.1, -0.05) is 12.1 Å². The van der Waals surface area contributed by atoms with E-state index in [9.17, 15) is 4.79 Å². The fourth-order valence-electron chi connectivity index (χ4n) is 2.03. The molecule has 1 saturated heterocycles. The van der Waals surface area contributed by atoms with Crippen molar-refractivity contribution in [3.05, 3.63) is 35.4 Å². The van der Waals surface area contributed by atoms with Crippen molar-refractivity contribution in [2.45, 2.75) is 25.8 Å². The maximum absolute atomic E-state index is 12.0. The van der Waals surface area contributed by atoms with Crippen LogP contribution in [0.4, 0.5) is 0 Å². The van der Waals surface area contributed by atoms with Gasteiger partial charge in [-0.15, -0.1) is 12.4 Å². The highest BCUT2D eigenvalue weighted by Crippen LogP contribution is 2.15. The minimum absolute atomic E-state index is 0. The van der Waals surface area contributed by atoms with E-state index in [4.69, 9.17) is 5.73 Å². The van der Waals surface area contributed by atoms with Crippen LogP contribution in [0.1, 0.15) is 41.7 Å². The summed E-state index contributed by atoms with van der Waals surface area (Å²) in [5, 5.41) is 0. The number of carbonyl (C=O) groups is 1. The molecule has 0 aromatic heterocycles. The Morgan fingerprint density at radius 2 is 1.76 bits per heavy atom. The third-order valence-electron chi connectivity index (χ3n) is 3.08. The molecule has 2 N–H and O–H groups in total. The third kappa shape index (κ3) is 3.20. The molecule has 0 saturated carbocycles. The topological polar surface area (TPSA) is 46.3 Å². The molecule has 1 heterocycles. The Hall–Kier alpha value is -1.06. The largest absolute Gasteiger partial charge is 0.339 e. The zero-order valence-electron chi connectivity index (χ0n) is 10.1. The van der Waals surface area contributed by atoms with E-state index >= 15 is 0 Å². The summed E-state index contributed by atoms with van der Waals surface area (Å²) in [5.74, 6) is 0.147. The number of nitrogens with two attached hydrogens (primary N) is 1. The number of likely N-dealkylation sites (tertiary alicyclic amines) is 1. The Bertz CT molecular complexity index is 370. The van der Waals surface area contributed by atoms with Gasteiger partial charge in [-0.3, -0.25) is 4.79 Å². The van der Waals surface area contributed by atoms with Crippen LogP contribution in [0.15, 0.2) is 24.3 Å². The molecule has 0 aliphatic carbocycles. The summed E-state index contributed by atoms with van der Waals surface area (Å²) in [7, 11) is 0. The zero-order chi connectivity index (χ0) is 11.5. The number of amides is 1. The van der Waals surface area contributed by atoms with Crippen molar-refractivity contribution in [3.63, 3.8) is 0 Å². The second-order valence-corrected chi connectivity index (χ2v) is 4.41. The first-order valence-electron chi connectivity index (χ1n) is 5.83. The van der Waals surface area contributed by atoms with Gasteiger partial charge in [-0.05, 0) is 37.5 Å². The second kappa shape index (κ2) is 6.03. The molecule has 0 bridgehead atoms. The molecule has 4 heteroatoms. The minimum atomic E-state index is 0. The lowest BCUT2D eigenvalue weighted by Gasteiger charge is -2.15. The lowest BCUT2D eigenvalue weighted by Crippen LogP contribution is -2.27. The first-order valence-corrected chi connectivity index (χ1v) is 5.83. The maximum Gasteiger partial charge on any atom is 0.253 e. The Balaban J connectivity index is 0.00000144. The van der Waals surface area contributed by atoms with E-state index in [1.54, 1.807) is 0 Å². The number of halogens is 1. The summed E-state index contributed by atoms with van der Waals surface area (Å²) in [6.45, 7) is 3.74. The van der Waals surface area contributed by atoms with Crippen LogP contribution in [-0.4, -0.2) is 23.9 Å². The Morgan fingerprint density at radius 1 is 1.24 bits per heavy atom. The molecule has 1 aromatic rings. The number of rotatable bonds is 2. The first-order chi connectivity index (χ1) is 7.68. The highest BCUT2D eigenvalue weighted by atomic mass is 35.5. The minimum Gasteiger partial charge on any atom is -0.339 e. The average molecular weight is 255 g/mol. The van der Waals surface area contributed by atoms with E-state index in [2.05, 4.69) is 0 Å². The van der Waals surface area contributed by atoms with Gasteiger partial charge in [0.25, 0.3) is 5.91 Å². The lowest BCUT2D eigenvalue weighted by atomic mass is 10.1. The van der Waals surface area contributed by atoms with Crippen molar-refractivity contribution < 1.29 is 4.79 Å². The third-order valence-corrected chi connectivity index (χ3v) is 3.08. The van der Waals surface area contributed by atoms with E-state index in [0.717, 1.165) is 37.1 Å². The molecule has 3 nitrogen and oxygen atoms in total. The number of nitrogens with zero attached hydrogens (tertiary/aromatic N) is 1. The number of carbonyl (C=O) groups excluding carboxylic acids is 1. The molecule has 1 aliphatic rings. The SMILES string of the molecule is C[C@H](N)c1ccc(C(=O)N2CCCC2)cc1.Cl. The van der Waals surface area contributed by atoms with Crippen LogP contribution in [0.25, 0.3) is 0 Å². The molecular formula is C13H19ClN2O. The van der Waals surface area contributed by atoms with E-state index in [0.29, 0.717) is 0 Å². The average Bonchev–Trinajstić information content (AvgIpc) is 2.81. The van der Waals surface area contributed by atoms with E-state index in [1.807, 2.05) is 36.1 Å². The Kier molecular flexibility index (Phi) is 4.97. The summed E-state index contributed by atoms with van der Waals surface area (Å²) >= 11 is 0. The monoisotopic (exact) mass is 254 g/mol. The highest BCUT2D eigenvalue weighted by Gasteiger charge is 2.19. The number of hydrogen-bond donors (Lipinski definition) is 1. The van der Waals surface area contributed by atoms with Crippen molar-refractivity contribution >= 4 is 18.3 Å². The van der Waals surface area contributed by atoms with Gasteiger partial charge in [-0.2, -0.15) is 0 Å². The fraction of sp³-hybridized carbons (Fsp3) is 0.462. The summed E-state index contributed by atoms with van der Waals surface area (Å²) in [6.07, 6.45) is 2.26.